The van der Waals surface area contributed by atoms with Crippen molar-refractivity contribution < 1.29 is 9.59 Å². The average molecular weight is 217 g/mol. The Labute approximate surface area is 92.3 Å². The van der Waals surface area contributed by atoms with Crippen LogP contribution in [0.4, 0.5) is 0 Å². The summed E-state index contributed by atoms with van der Waals surface area (Å²) in [6, 6.07) is 5.44. The molecule has 2 saturated heterocycles. The van der Waals surface area contributed by atoms with Gasteiger partial charge < -0.3 is 5.32 Å². The van der Waals surface area contributed by atoms with E-state index >= 15 is 0 Å². The fourth-order valence-electron chi connectivity index (χ4n) is 2.48. The van der Waals surface area contributed by atoms with E-state index in [2.05, 4.69) is 15.6 Å². The van der Waals surface area contributed by atoms with Crippen molar-refractivity contribution in [1.82, 2.24) is 15.6 Å². The topological polar surface area (TPSA) is 71.1 Å². The molecule has 2 amide bonds. The summed E-state index contributed by atoms with van der Waals surface area (Å²) in [5, 5.41) is 5.56. The van der Waals surface area contributed by atoms with E-state index in [1.807, 2.05) is 18.2 Å². The average Bonchev–Trinajstić information content (AvgIpc) is 2.84. The number of imide groups is 1. The molecule has 1 aromatic rings. The van der Waals surface area contributed by atoms with Crippen molar-refractivity contribution in [2.75, 3.05) is 6.54 Å². The number of nitrogens with zero attached hydrogens (tertiary/aromatic N) is 1. The van der Waals surface area contributed by atoms with Gasteiger partial charge in [0.05, 0.1) is 23.6 Å². The van der Waals surface area contributed by atoms with Crippen molar-refractivity contribution in [3.05, 3.63) is 30.1 Å². The van der Waals surface area contributed by atoms with Gasteiger partial charge in [0.25, 0.3) is 0 Å². The highest BCUT2D eigenvalue weighted by atomic mass is 16.2. The number of rotatable bonds is 1. The third-order valence-corrected chi connectivity index (χ3v) is 3.24. The lowest BCUT2D eigenvalue weighted by Gasteiger charge is -2.14. The zero-order valence-electron chi connectivity index (χ0n) is 8.51. The van der Waals surface area contributed by atoms with E-state index in [4.69, 9.17) is 0 Å². The van der Waals surface area contributed by atoms with Crippen molar-refractivity contribution >= 4 is 11.8 Å². The molecule has 3 rings (SSSR count). The van der Waals surface area contributed by atoms with Gasteiger partial charge in [-0.25, -0.2) is 0 Å². The number of hydrogen-bond acceptors (Lipinski definition) is 4. The van der Waals surface area contributed by atoms with Crippen LogP contribution in [-0.2, 0) is 9.59 Å². The first-order chi connectivity index (χ1) is 7.77. The molecule has 2 N–H and O–H groups in total. The van der Waals surface area contributed by atoms with Crippen molar-refractivity contribution in [2.24, 2.45) is 11.8 Å². The molecule has 0 aromatic carbocycles. The zero-order chi connectivity index (χ0) is 11.1. The van der Waals surface area contributed by atoms with Crippen LogP contribution in [0.25, 0.3) is 0 Å². The summed E-state index contributed by atoms with van der Waals surface area (Å²) in [5.74, 6) is -0.890. The van der Waals surface area contributed by atoms with Gasteiger partial charge in [0.1, 0.15) is 0 Å². The third-order valence-electron chi connectivity index (χ3n) is 3.24. The van der Waals surface area contributed by atoms with E-state index in [-0.39, 0.29) is 29.7 Å². The van der Waals surface area contributed by atoms with Crippen molar-refractivity contribution in [2.45, 2.75) is 6.04 Å². The highest BCUT2D eigenvalue weighted by Crippen LogP contribution is 2.36. The lowest BCUT2D eigenvalue weighted by Crippen LogP contribution is -2.30. The van der Waals surface area contributed by atoms with Gasteiger partial charge in [-0.15, -0.1) is 0 Å². The summed E-state index contributed by atoms with van der Waals surface area (Å²) in [7, 11) is 0. The Kier molecular flexibility index (Phi) is 2.00. The van der Waals surface area contributed by atoms with Gasteiger partial charge in [-0.05, 0) is 12.1 Å². The normalized spacial score (nSPS) is 32.6. The molecule has 0 spiro atoms. The van der Waals surface area contributed by atoms with Crippen LogP contribution in [0, 0.1) is 11.8 Å². The highest BCUT2D eigenvalue weighted by Gasteiger charge is 2.50. The molecule has 5 nitrogen and oxygen atoms in total. The van der Waals surface area contributed by atoms with Gasteiger partial charge in [-0.3, -0.25) is 19.9 Å². The number of pyridine rings is 1. The van der Waals surface area contributed by atoms with E-state index in [9.17, 15) is 9.59 Å². The quantitative estimate of drug-likeness (QED) is 0.629. The molecule has 3 atom stereocenters. The Morgan fingerprint density at radius 2 is 2.12 bits per heavy atom. The van der Waals surface area contributed by atoms with E-state index in [1.165, 1.54) is 0 Å². The van der Waals surface area contributed by atoms with Gasteiger partial charge in [0.2, 0.25) is 11.8 Å². The number of carbonyl (C=O) groups excluding carboxylic acids is 2. The molecular formula is C11H11N3O2. The van der Waals surface area contributed by atoms with E-state index < -0.39 is 0 Å². The largest absolute Gasteiger partial charge is 0.307 e. The van der Waals surface area contributed by atoms with Crippen LogP contribution in [0.2, 0.25) is 0 Å². The first kappa shape index (κ1) is 9.47. The second-order valence-electron chi connectivity index (χ2n) is 4.13. The molecule has 2 aliphatic heterocycles. The van der Waals surface area contributed by atoms with Crippen molar-refractivity contribution in [3.8, 4) is 0 Å². The number of hydrogen-bond donors (Lipinski definition) is 2. The molecule has 0 radical (unpaired) electrons. The van der Waals surface area contributed by atoms with Crippen LogP contribution < -0.4 is 10.6 Å². The number of aromatic nitrogens is 1. The molecule has 3 unspecified atom stereocenters. The predicted octanol–water partition coefficient (Wildman–Crippen LogP) is -0.385. The predicted molar refractivity (Wildman–Crippen MR) is 55.1 cm³/mol. The van der Waals surface area contributed by atoms with Crippen LogP contribution in [0.3, 0.4) is 0 Å². The van der Waals surface area contributed by atoms with E-state index in [1.54, 1.807) is 6.20 Å². The maximum Gasteiger partial charge on any atom is 0.232 e. The molecular weight excluding hydrogens is 206 g/mol. The molecule has 82 valence electrons. The Balaban J connectivity index is 1.94. The van der Waals surface area contributed by atoms with Crippen LogP contribution >= 0.6 is 0 Å². The van der Waals surface area contributed by atoms with Crippen LogP contribution in [0.15, 0.2) is 24.4 Å². The Hall–Kier alpha value is -1.75. The maximum atomic E-state index is 11.7. The van der Waals surface area contributed by atoms with Crippen LogP contribution in [0.1, 0.15) is 11.7 Å². The molecule has 1 aromatic heterocycles. The first-order valence-electron chi connectivity index (χ1n) is 5.26. The summed E-state index contributed by atoms with van der Waals surface area (Å²) in [4.78, 5) is 27.3. The van der Waals surface area contributed by atoms with Gasteiger partial charge in [0, 0.05) is 12.7 Å². The van der Waals surface area contributed by atoms with Crippen LogP contribution in [0.5, 0.6) is 0 Å². The minimum atomic E-state index is -0.303. The summed E-state index contributed by atoms with van der Waals surface area (Å²) in [6.07, 6.45) is 1.69. The lowest BCUT2D eigenvalue weighted by atomic mass is 9.91. The van der Waals surface area contributed by atoms with Gasteiger partial charge in [-0.1, -0.05) is 6.07 Å². The van der Waals surface area contributed by atoms with Crippen molar-refractivity contribution in [3.63, 3.8) is 0 Å². The summed E-state index contributed by atoms with van der Waals surface area (Å²) in [6.45, 7) is 0.545. The molecule has 16 heavy (non-hydrogen) atoms. The Morgan fingerprint density at radius 1 is 1.25 bits per heavy atom. The zero-order valence-corrected chi connectivity index (χ0v) is 8.51. The first-order valence-corrected chi connectivity index (χ1v) is 5.26. The van der Waals surface area contributed by atoms with Gasteiger partial charge in [-0.2, -0.15) is 0 Å². The fraction of sp³-hybridized carbons (Fsp3) is 0.364. The fourth-order valence-corrected chi connectivity index (χ4v) is 2.48. The molecule has 2 aliphatic rings. The number of nitrogens with one attached hydrogen (secondary N) is 2. The highest BCUT2D eigenvalue weighted by molar-refractivity contribution is 6.06. The van der Waals surface area contributed by atoms with E-state index in [0.29, 0.717) is 6.54 Å². The second kappa shape index (κ2) is 3.38. The second-order valence-corrected chi connectivity index (χ2v) is 4.13. The number of amides is 2. The van der Waals surface area contributed by atoms with E-state index in [0.717, 1.165) is 5.69 Å². The standard InChI is InChI=1S/C11H11N3O2/c15-10-6-5-13-9(8(6)11(16)14-10)7-3-1-2-4-12-7/h1-4,6,8-9,13H,5H2,(H,14,15,16). The number of fused-ring (bicyclic) bond motifs is 1. The van der Waals surface area contributed by atoms with Crippen molar-refractivity contribution in [1.29, 1.82) is 0 Å². The monoisotopic (exact) mass is 217 g/mol. The Bertz CT molecular complexity index is 446. The lowest BCUT2D eigenvalue weighted by molar-refractivity contribution is -0.126. The SMILES string of the molecule is O=C1NC(=O)C2C1CNC2c1ccccn1. The molecule has 0 bridgehead atoms. The van der Waals surface area contributed by atoms with Crippen LogP contribution in [-0.4, -0.2) is 23.3 Å². The summed E-state index contributed by atoms with van der Waals surface area (Å²) >= 11 is 0. The summed E-state index contributed by atoms with van der Waals surface area (Å²) in [5.41, 5.74) is 0.819. The molecule has 0 aliphatic carbocycles. The molecule has 2 fully saturated rings. The van der Waals surface area contributed by atoms with Gasteiger partial charge in [0.15, 0.2) is 0 Å². The van der Waals surface area contributed by atoms with Gasteiger partial charge >= 0.3 is 0 Å². The third kappa shape index (κ3) is 1.25. The maximum absolute atomic E-state index is 11.7. The minimum absolute atomic E-state index is 0.141. The molecule has 0 saturated carbocycles. The molecule has 3 heterocycles. The Morgan fingerprint density at radius 3 is 2.88 bits per heavy atom. The minimum Gasteiger partial charge on any atom is -0.307 e. The number of carbonyl (C=O) groups is 2. The smallest absolute Gasteiger partial charge is 0.232 e. The summed E-state index contributed by atoms with van der Waals surface area (Å²) < 4.78 is 0. The molecule has 5 heteroatoms.